The first-order chi connectivity index (χ1) is 14.8. The van der Waals surface area contributed by atoms with Gasteiger partial charge in [-0.3, -0.25) is 4.72 Å². The van der Waals surface area contributed by atoms with Gasteiger partial charge in [-0.15, -0.1) is 10.2 Å². The van der Waals surface area contributed by atoms with Crippen LogP contribution in [0.4, 0.5) is 5.82 Å². The van der Waals surface area contributed by atoms with Crippen molar-refractivity contribution in [2.75, 3.05) is 18.9 Å². The van der Waals surface area contributed by atoms with Crippen molar-refractivity contribution in [3.63, 3.8) is 0 Å². The Morgan fingerprint density at radius 3 is 2.61 bits per heavy atom. The highest BCUT2D eigenvalue weighted by atomic mass is 32.2. The van der Waals surface area contributed by atoms with E-state index >= 15 is 0 Å². The molecule has 0 amide bonds. The number of aromatic amines is 1. The van der Waals surface area contributed by atoms with E-state index in [4.69, 9.17) is 16.6 Å². The van der Waals surface area contributed by atoms with Crippen LogP contribution in [-0.4, -0.2) is 63.7 Å². The Labute approximate surface area is 181 Å². The zero-order valence-electron chi connectivity index (χ0n) is 16.6. The van der Waals surface area contributed by atoms with E-state index in [9.17, 15) is 13.5 Å². The van der Waals surface area contributed by atoms with Crippen LogP contribution in [-0.2, 0) is 10.0 Å². The standard InChI is InChI=1S/C17H23N9O3S2/c1-2-30(24-11(7-18)9-27)13-5-4-12(10-3-6-14(19)21-8-10)15(16(13)31(20,28)29)17-22-25-26-23-17/h2-6,8,11,24,27H,7,9,18H2,1H3,(H2,19,21)(H2,20,28,29)(H,22,23,25,26). The van der Waals surface area contributed by atoms with E-state index in [0.29, 0.717) is 21.8 Å². The van der Waals surface area contributed by atoms with E-state index < -0.39 is 26.7 Å². The van der Waals surface area contributed by atoms with E-state index in [-0.39, 0.29) is 29.4 Å². The summed E-state index contributed by atoms with van der Waals surface area (Å²) in [7, 11) is -5.17. The van der Waals surface area contributed by atoms with Crippen LogP contribution in [0.1, 0.15) is 6.92 Å². The first-order valence-electron chi connectivity index (χ1n) is 9.05. The molecule has 9 N–H and O–H groups in total. The molecule has 2 heterocycles. The zero-order chi connectivity index (χ0) is 22.6. The topological polar surface area (TPSA) is 212 Å². The number of nitrogens with zero attached hydrogens (tertiary/aromatic N) is 4. The fourth-order valence-corrected chi connectivity index (χ4v) is 5.93. The van der Waals surface area contributed by atoms with Crippen molar-refractivity contribution in [1.82, 2.24) is 30.3 Å². The van der Waals surface area contributed by atoms with Gasteiger partial charge >= 0.3 is 0 Å². The highest BCUT2D eigenvalue weighted by Gasteiger charge is 2.28. The fraction of sp³-hybridized carbons (Fsp3) is 0.235. The summed E-state index contributed by atoms with van der Waals surface area (Å²) in [6.45, 7) is 1.71. The quantitative estimate of drug-likeness (QED) is 0.233. The third-order valence-electron chi connectivity index (χ3n) is 4.34. The molecule has 31 heavy (non-hydrogen) atoms. The maximum absolute atomic E-state index is 12.8. The van der Waals surface area contributed by atoms with E-state index in [2.05, 4.69) is 30.3 Å². The van der Waals surface area contributed by atoms with Crippen LogP contribution < -0.4 is 21.3 Å². The molecule has 3 rings (SSSR count). The molecule has 0 spiro atoms. The van der Waals surface area contributed by atoms with Gasteiger partial charge in [0.25, 0.3) is 0 Å². The number of nitrogens with one attached hydrogen (secondary N) is 2. The molecule has 2 unspecified atom stereocenters. The third-order valence-corrected chi connectivity index (χ3v) is 7.34. The van der Waals surface area contributed by atoms with Gasteiger partial charge in [0.05, 0.1) is 18.2 Å². The number of H-pyrrole nitrogens is 1. The monoisotopic (exact) mass is 465 g/mol. The van der Waals surface area contributed by atoms with Gasteiger partial charge < -0.3 is 16.6 Å². The van der Waals surface area contributed by atoms with Crippen molar-refractivity contribution in [1.29, 1.82) is 0 Å². The number of aliphatic hydroxyl groups is 1. The predicted octanol–water partition coefficient (Wildman–Crippen LogP) is -0.568. The Hall–Kier alpha value is -2.75. The zero-order valence-corrected chi connectivity index (χ0v) is 18.2. The first-order valence-corrected chi connectivity index (χ1v) is 11.9. The van der Waals surface area contributed by atoms with Crippen molar-refractivity contribution in [2.45, 2.75) is 22.8 Å². The second-order valence-electron chi connectivity index (χ2n) is 6.37. The minimum Gasteiger partial charge on any atom is -0.395 e. The molecule has 0 aliphatic rings. The second-order valence-corrected chi connectivity index (χ2v) is 9.69. The van der Waals surface area contributed by atoms with Crippen molar-refractivity contribution in [3.05, 3.63) is 30.5 Å². The number of hydrogen-bond acceptors (Lipinski definition) is 10. The van der Waals surface area contributed by atoms with Crippen LogP contribution in [0, 0.1) is 0 Å². The van der Waals surface area contributed by atoms with Crippen LogP contribution in [0.25, 0.3) is 22.5 Å². The largest absolute Gasteiger partial charge is 0.395 e. The highest BCUT2D eigenvalue weighted by molar-refractivity contribution is 8.13. The summed E-state index contributed by atoms with van der Waals surface area (Å²) in [6, 6.07) is 6.23. The van der Waals surface area contributed by atoms with Crippen LogP contribution in [0.5, 0.6) is 0 Å². The number of benzene rings is 1. The molecule has 2 atom stereocenters. The second kappa shape index (κ2) is 9.59. The number of hydrogen-bond donors (Lipinski definition) is 6. The molecule has 1 aromatic carbocycles. The molecule has 2 aromatic heterocycles. The predicted molar refractivity (Wildman–Crippen MR) is 119 cm³/mol. The van der Waals surface area contributed by atoms with E-state index in [1.165, 1.54) is 6.20 Å². The normalized spacial score (nSPS) is 13.9. The number of rotatable bonds is 8. The number of pyridine rings is 1. The number of nitrogens with two attached hydrogens (primary N) is 3. The van der Waals surface area contributed by atoms with Crippen LogP contribution >= 0.6 is 10.7 Å². The van der Waals surface area contributed by atoms with Gasteiger partial charge in [0, 0.05) is 23.2 Å². The van der Waals surface area contributed by atoms with Gasteiger partial charge in [-0.25, -0.2) is 18.5 Å². The Bertz CT molecular complexity index is 1180. The van der Waals surface area contributed by atoms with E-state index in [0.717, 1.165) is 0 Å². The summed E-state index contributed by atoms with van der Waals surface area (Å²) >= 11 is 0. The van der Waals surface area contributed by atoms with Crippen LogP contribution in [0.3, 0.4) is 0 Å². The summed E-state index contributed by atoms with van der Waals surface area (Å²) in [5.41, 5.74) is 12.6. The number of aliphatic hydroxyl groups excluding tert-OH is 1. The van der Waals surface area contributed by atoms with Gasteiger partial charge in [0.15, 0.2) is 0 Å². The Balaban J connectivity index is 2.35. The molecule has 0 saturated heterocycles. The molecule has 0 saturated carbocycles. The molecule has 14 heteroatoms. The number of primary sulfonamides is 1. The summed E-state index contributed by atoms with van der Waals surface area (Å²) in [5.74, 6) is 0.367. The van der Waals surface area contributed by atoms with Gasteiger partial charge in [0.2, 0.25) is 15.8 Å². The molecule has 0 radical (unpaired) electrons. The molecular weight excluding hydrogens is 442 g/mol. The number of sulfonamides is 1. The molecular formula is C17H23N9O3S2. The molecule has 0 fully saturated rings. The Kier molecular flexibility index (Phi) is 7.09. The maximum Gasteiger partial charge on any atom is 0.239 e. The summed E-state index contributed by atoms with van der Waals surface area (Å²) < 4.78 is 28.7. The van der Waals surface area contributed by atoms with E-state index in [1.807, 2.05) is 0 Å². The molecule has 0 bridgehead atoms. The maximum atomic E-state index is 12.8. The minimum absolute atomic E-state index is 0.0508. The number of anilines is 1. The van der Waals surface area contributed by atoms with Gasteiger partial charge in [-0.05, 0) is 41.3 Å². The Morgan fingerprint density at radius 1 is 1.32 bits per heavy atom. The minimum atomic E-state index is -4.25. The lowest BCUT2D eigenvalue weighted by atomic mass is 10.0. The molecule has 0 aliphatic carbocycles. The van der Waals surface area contributed by atoms with Gasteiger partial charge in [-0.1, -0.05) is 16.7 Å². The van der Waals surface area contributed by atoms with Crippen LogP contribution in [0.2, 0.25) is 0 Å². The van der Waals surface area contributed by atoms with E-state index in [1.54, 1.807) is 36.6 Å². The summed E-state index contributed by atoms with van der Waals surface area (Å²) in [6.07, 6.45) is 1.51. The molecule has 166 valence electrons. The van der Waals surface area contributed by atoms with Gasteiger partial charge in [0.1, 0.15) is 10.7 Å². The fourth-order valence-electron chi connectivity index (χ4n) is 2.91. The van der Waals surface area contributed by atoms with Gasteiger partial charge in [-0.2, -0.15) is 5.21 Å². The SMILES string of the molecule is CC=S(NC(CN)CO)c1ccc(-c2ccc(N)nc2)c(-c2nn[nH]n2)c1S(N)(=O)=O. The average Bonchev–Trinajstić information content (AvgIpc) is 3.28. The number of nitrogen functional groups attached to an aromatic ring is 1. The lowest BCUT2D eigenvalue weighted by Gasteiger charge is -2.22. The summed E-state index contributed by atoms with van der Waals surface area (Å²) in [5, 5.41) is 30.8. The van der Waals surface area contributed by atoms with Crippen LogP contribution in [0.15, 0.2) is 40.3 Å². The average molecular weight is 466 g/mol. The van der Waals surface area contributed by atoms with Crippen molar-refractivity contribution < 1.29 is 13.5 Å². The van der Waals surface area contributed by atoms with Crippen molar-refractivity contribution in [2.24, 2.45) is 10.9 Å². The third kappa shape index (κ3) is 4.95. The molecule has 12 nitrogen and oxygen atoms in total. The molecule has 3 aromatic rings. The van der Waals surface area contributed by atoms with Crippen molar-refractivity contribution >= 4 is 31.9 Å². The smallest absolute Gasteiger partial charge is 0.239 e. The lowest BCUT2D eigenvalue weighted by Crippen LogP contribution is -2.36. The first kappa shape index (κ1) is 22.9. The summed E-state index contributed by atoms with van der Waals surface area (Å²) in [4.78, 5) is 4.30. The number of aromatic nitrogens is 5. The highest BCUT2D eigenvalue weighted by Crippen LogP contribution is 2.41. The van der Waals surface area contributed by atoms with Crippen molar-refractivity contribution in [3.8, 4) is 22.5 Å². The Morgan fingerprint density at radius 2 is 2.10 bits per heavy atom. The number of tetrazole rings is 1. The lowest BCUT2D eigenvalue weighted by molar-refractivity contribution is 0.262. The molecule has 0 aliphatic heterocycles.